The van der Waals surface area contributed by atoms with E-state index < -0.39 is 26.4 Å². The van der Waals surface area contributed by atoms with Gasteiger partial charge in [-0.05, 0) is 19.5 Å². The molecule has 122 valence electrons. The second kappa shape index (κ2) is 7.32. The molecular weight excluding hydrogens is 310 g/mol. The molecule has 0 aliphatic heterocycles. The zero-order valence-corrected chi connectivity index (χ0v) is 13.4. The average Bonchev–Trinajstić information content (AvgIpc) is 2.43. The van der Waals surface area contributed by atoms with Crippen molar-refractivity contribution in [1.29, 1.82) is 0 Å². The van der Waals surface area contributed by atoms with Crippen LogP contribution in [-0.4, -0.2) is 44.6 Å². The highest BCUT2D eigenvalue weighted by Gasteiger charge is 2.19. The van der Waals surface area contributed by atoms with Crippen molar-refractivity contribution in [3.05, 3.63) is 33.9 Å². The van der Waals surface area contributed by atoms with E-state index in [-0.39, 0.29) is 16.5 Å². The molecule has 0 aliphatic rings. The minimum absolute atomic E-state index is 0.0297. The van der Waals surface area contributed by atoms with Crippen LogP contribution in [0.1, 0.15) is 24.2 Å². The van der Waals surface area contributed by atoms with Crippen LogP contribution in [-0.2, 0) is 9.84 Å². The van der Waals surface area contributed by atoms with Gasteiger partial charge in [0.05, 0.1) is 9.82 Å². The van der Waals surface area contributed by atoms with Gasteiger partial charge in [-0.3, -0.25) is 14.9 Å². The molecule has 0 spiro atoms. The highest BCUT2D eigenvalue weighted by atomic mass is 32.2. The van der Waals surface area contributed by atoms with Crippen LogP contribution in [0.15, 0.2) is 23.1 Å². The highest BCUT2D eigenvalue weighted by Crippen LogP contribution is 2.20. The molecule has 0 saturated carbocycles. The third-order valence-corrected chi connectivity index (χ3v) is 4.01. The maximum Gasteiger partial charge on any atom is 0.271 e. The lowest BCUT2D eigenvalue weighted by atomic mass is 10.2. The van der Waals surface area contributed by atoms with Crippen LogP contribution in [0.4, 0.5) is 5.69 Å². The average molecular weight is 329 g/mol. The van der Waals surface area contributed by atoms with Gasteiger partial charge in [-0.1, -0.05) is 6.92 Å². The fraction of sp³-hybridized carbons (Fsp3) is 0.462. The van der Waals surface area contributed by atoms with Crippen LogP contribution in [0.3, 0.4) is 0 Å². The van der Waals surface area contributed by atoms with E-state index in [0.717, 1.165) is 31.0 Å². The number of non-ortho nitro benzene ring substituents is 1. The van der Waals surface area contributed by atoms with Crippen molar-refractivity contribution >= 4 is 21.4 Å². The number of nitro benzene ring substituents is 1. The molecule has 0 bridgehead atoms. The van der Waals surface area contributed by atoms with Crippen molar-refractivity contribution in [2.75, 3.05) is 19.3 Å². The monoisotopic (exact) mass is 329 g/mol. The molecule has 0 fully saturated rings. The van der Waals surface area contributed by atoms with Gasteiger partial charge in [0.1, 0.15) is 0 Å². The Hall–Kier alpha value is -2.00. The fourth-order valence-corrected chi connectivity index (χ4v) is 2.48. The molecule has 0 heterocycles. The number of likely N-dealkylation sites (N-methyl/N-ethyl adjacent to an activating group) is 1. The van der Waals surface area contributed by atoms with Crippen LogP contribution in [0.25, 0.3) is 0 Å². The second-order valence-corrected chi connectivity index (χ2v) is 6.93. The van der Waals surface area contributed by atoms with Crippen LogP contribution in [0.2, 0.25) is 0 Å². The number of nitrogens with zero attached hydrogens (tertiary/aromatic N) is 1. The number of nitrogens with one attached hydrogen (secondary N) is 2. The summed E-state index contributed by atoms with van der Waals surface area (Å²) in [4.78, 5) is 21.9. The van der Waals surface area contributed by atoms with Gasteiger partial charge in [-0.25, -0.2) is 8.42 Å². The smallest absolute Gasteiger partial charge is 0.271 e. The van der Waals surface area contributed by atoms with E-state index in [1.54, 1.807) is 0 Å². The van der Waals surface area contributed by atoms with Gasteiger partial charge < -0.3 is 10.6 Å². The molecule has 0 radical (unpaired) electrons. The molecule has 22 heavy (non-hydrogen) atoms. The molecule has 1 atom stereocenters. The number of carbonyl (C=O) groups is 1. The second-order valence-electron chi connectivity index (χ2n) is 4.91. The first-order chi connectivity index (χ1) is 10.1. The number of benzene rings is 1. The van der Waals surface area contributed by atoms with Gasteiger partial charge in [0.25, 0.3) is 11.6 Å². The predicted octanol–water partition coefficient (Wildman–Crippen LogP) is 0.726. The van der Waals surface area contributed by atoms with Gasteiger partial charge in [-0.2, -0.15) is 0 Å². The number of carbonyl (C=O) groups excluding carboxylic acids is 1. The first-order valence-corrected chi connectivity index (χ1v) is 8.55. The summed E-state index contributed by atoms with van der Waals surface area (Å²) in [6, 6.07) is 3.16. The van der Waals surface area contributed by atoms with Crippen LogP contribution in [0.5, 0.6) is 0 Å². The van der Waals surface area contributed by atoms with Gasteiger partial charge >= 0.3 is 0 Å². The van der Waals surface area contributed by atoms with Crippen molar-refractivity contribution in [3.8, 4) is 0 Å². The number of nitro groups is 1. The topological polar surface area (TPSA) is 118 Å². The normalized spacial score (nSPS) is 12.7. The molecule has 1 aromatic rings. The summed E-state index contributed by atoms with van der Waals surface area (Å²) >= 11 is 0. The quantitative estimate of drug-likeness (QED) is 0.562. The van der Waals surface area contributed by atoms with Gasteiger partial charge in [0, 0.05) is 36.5 Å². The lowest BCUT2D eigenvalue weighted by Gasteiger charge is -2.13. The summed E-state index contributed by atoms with van der Waals surface area (Å²) in [5.74, 6) is -0.557. The van der Waals surface area contributed by atoms with Gasteiger partial charge in [-0.15, -0.1) is 0 Å². The van der Waals surface area contributed by atoms with Gasteiger partial charge in [0.15, 0.2) is 9.84 Å². The van der Waals surface area contributed by atoms with E-state index in [0.29, 0.717) is 6.54 Å². The van der Waals surface area contributed by atoms with Crippen molar-refractivity contribution in [2.45, 2.75) is 24.8 Å². The zero-order chi connectivity index (χ0) is 16.9. The first kappa shape index (κ1) is 18.1. The summed E-state index contributed by atoms with van der Waals surface area (Å²) in [5.41, 5.74) is -0.494. The molecular formula is C13H19N3O5S. The van der Waals surface area contributed by atoms with Gasteiger partial charge in [0.2, 0.25) is 0 Å². The minimum atomic E-state index is -3.65. The van der Waals surface area contributed by atoms with Crippen molar-refractivity contribution in [1.82, 2.24) is 10.6 Å². The standard InChI is InChI=1S/C13H19N3O5S/c1-4-14-9(2)8-15-13(17)10-5-11(16(18)19)7-12(6-10)22(3,20)21/h5-7,9,14H,4,8H2,1-3H3,(H,15,17)/t9-/m1/s1. The summed E-state index contributed by atoms with van der Waals surface area (Å²) in [6.07, 6.45) is 0.932. The molecule has 0 aromatic heterocycles. The summed E-state index contributed by atoms with van der Waals surface area (Å²) in [6.45, 7) is 4.87. The predicted molar refractivity (Wildman–Crippen MR) is 81.7 cm³/mol. The van der Waals surface area contributed by atoms with E-state index in [1.807, 2.05) is 13.8 Å². The van der Waals surface area contributed by atoms with Crippen molar-refractivity contribution in [3.63, 3.8) is 0 Å². The van der Waals surface area contributed by atoms with Crippen LogP contribution in [0, 0.1) is 10.1 Å². The maximum absolute atomic E-state index is 12.1. The molecule has 1 amide bonds. The third-order valence-electron chi connectivity index (χ3n) is 2.91. The molecule has 2 N–H and O–H groups in total. The SMILES string of the molecule is CCN[C@H](C)CNC(=O)c1cc([N+](=O)[O-])cc(S(C)(=O)=O)c1. The molecule has 9 heteroatoms. The fourth-order valence-electron chi connectivity index (χ4n) is 1.80. The lowest BCUT2D eigenvalue weighted by molar-refractivity contribution is -0.385. The Labute approximate surface area is 129 Å². The van der Waals surface area contributed by atoms with Crippen LogP contribution < -0.4 is 10.6 Å². The van der Waals surface area contributed by atoms with Crippen molar-refractivity contribution < 1.29 is 18.1 Å². The lowest BCUT2D eigenvalue weighted by Crippen LogP contribution is -2.38. The Kier molecular flexibility index (Phi) is 6.01. The zero-order valence-electron chi connectivity index (χ0n) is 12.6. The Morgan fingerprint density at radius 2 is 2.00 bits per heavy atom. The number of amides is 1. The number of hydrogen-bond acceptors (Lipinski definition) is 6. The number of hydrogen-bond donors (Lipinski definition) is 2. The minimum Gasteiger partial charge on any atom is -0.350 e. The Bertz CT molecular complexity index is 672. The first-order valence-electron chi connectivity index (χ1n) is 6.66. The highest BCUT2D eigenvalue weighted by molar-refractivity contribution is 7.90. The van der Waals surface area contributed by atoms with Crippen molar-refractivity contribution in [2.24, 2.45) is 0 Å². The summed E-state index contributed by atoms with van der Waals surface area (Å²) in [7, 11) is -3.65. The molecule has 8 nitrogen and oxygen atoms in total. The van der Waals surface area contributed by atoms with E-state index in [4.69, 9.17) is 0 Å². The third kappa shape index (κ3) is 5.08. The Morgan fingerprint density at radius 1 is 1.36 bits per heavy atom. The van der Waals surface area contributed by atoms with E-state index in [2.05, 4.69) is 10.6 Å². The summed E-state index contributed by atoms with van der Waals surface area (Å²) in [5, 5.41) is 16.6. The molecule has 1 rings (SSSR count). The molecule has 0 unspecified atom stereocenters. The Morgan fingerprint density at radius 3 is 2.50 bits per heavy atom. The van der Waals surface area contributed by atoms with E-state index in [9.17, 15) is 23.3 Å². The number of rotatable bonds is 7. The maximum atomic E-state index is 12.1. The largest absolute Gasteiger partial charge is 0.350 e. The number of sulfone groups is 1. The molecule has 1 aromatic carbocycles. The van der Waals surface area contributed by atoms with E-state index >= 15 is 0 Å². The molecule has 0 saturated heterocycles. The Balaban J connectivity index is 3.05. The van der Waals surface area contributed by atoms with E-state index in [1.165, 1.54) is 0 Å². The summed E-state index contributed by atoms with van der Waals surface area (Å²) < 4.78 is 23.1. The van der Waals surface area contributed by atoms with Crippen LogP contribution >= 0.6 is 0 Å². The molecule has 0 aliphatic carbocycles.